The number of aliphatic hydroxyl groups is 2. The van der Waals surface area contributed by atoms with E-state index in [9.17, 15) is 24.6 Å². The molecule has 0 heterocycles. The van der Waals surface area contributed by atoms with Crippen molar-refractivity contribution in [1.82, 2.24) is 0 Å². The molecule has 2 N–H and O–H groups in total. The lowest BCUT2D eigenvalue weighted by Gasteiger charge is -2.19. The van der Waals surface area contributed by atoms with Crippen LogP contribution >= 0.6 is 0 Å². The highest BCUT2D eigenvalue weighted by molar-refractivity contribution is 6.25. The Hall–Kier alpha value is -1.75. The van der Waals surface area contributed by atoms with Gasteiger partial charge in [0, 0.05) is 12.8 Å². The number of rotatable bonds is 6. The van der Waals surface area contributed by atoms with Crippen molar-refractivity contribution in [1.29, 1.82) is 0 Å². The first-order valence-electron chi connectivity index (χ1n) is 6.98. The summed E-state index contributed by atoms with van der Waals surface area (Å²) in [6.45, 7) is 7.21. The second kappa shape index (κ2) is 6.35. The van der Waals surface area contributed by atoms with Gasteiger partial charge in [-0.15, -0.1) is 0 Å². The SMILES string of the molecule is CC(C)=CCC(=O)[C@]1(O)CC(=O)C(C(=O)CC(C)C)=C1O. The molecule has 0 fully saturated rings. The molecular weight excluding hydrogens is 272 g/mol. The van der Waals surface area contributed by atoms with Gasteiger partial charge in [0.1, 0.15) is 11.3 Å². The molecule has 0 aromatic rings. The number of aliphatic hydroxyl groups excluding tert-OH is 1. The summed E-state index contributed by atoms with van der Waals surface area (Å²) >= 11 is 0. The van der Waals surface area contributed by atoms with Crippen LogP contribution < -0.4 is 0 Å². The van der Waals surface area contributed by atoms with E-state index >= 15 is 0 Å². The summed E-state index contributed by atoms with van der Waals surface area (Å²) in [5.74, 6) is -2.66. The first kappa shape index (κ1) is 17.3. The molecule has 0 aromatic carbocycles. The molecule has 0 saturated carbocycles. The van der Waals surface area contributed by atoms with Crippen LogP contribution in [0.4, 0.5) is 0 Å². The molecule has 1 aliphatic carbocycles. The molecule has 0 aliphatic heterocycles. The molecule has 0 spiro atoms. The van der Waals surface area contributed by atoms with Crippen LogP contribution in [0.2, 0.25) is 0 Å². The number of carbonyl (C=O) groups is 3. The number of carbonyl (C=O) groups excluding carboxylic acids is 3. The number of Topliss-reactive ketones (excluding diaryl/α,β-unsaturated/α-hetero) is 3. The topological polar surface area (TPSA) is 91.7 Å². The van der Waals surface area contributed by atoms with E-state index in [1.807, 2.05) is 0 Å². The molecule has 0 unspecified atom stereocenters. The molecule has 0 radical (unpaired) electrons. The summed E-state index contributed by atoms with van der Waals surface area (Å²) in [7, 11) is 0. The molecule has 5 nitrogen and oxygen atoms in total. The van der Waals surface area contributed by atoms with Gasteiger partial charge >= 0.3 is 0 Å². The van der Waals surface area contributed by atoms with Gasteiger partial charge < -0.3 is 10.2 Å². The Morgan fingerprint density at radius 3 is 2.38 bits per heavy atom. The minimum atomic E-state index is -2.26. The van der Waals surface area contributed by atoms with Crippen LogP contribution in [0, 0.1) is 5.92 Å². The zero-order valence-corrected chi connectivity index (χ0v) is 12.9. The maximum Gasteiger partial charge on any atom is 0.188 e. The van der Waals surface area contributed by atoms with E-state index < -0.39 is 40.7 Å². The van der Waals surface area contributed by atoms with Crippen LogP contribution in [-0.4, -0.2) is 33.2 Å². The number of ketones is 3. The van der Waals surface area contributed by atoms with Crippen molar-refractivity contribution in [2.24, 2.45) is 5.92 Å². The highest BCUT2D eigenvalue weighted by atomic mass is 16.3. The molecule has 21 heavy (non-hydrogen) atoms. The smallest absolute Gasteiger partial charge is 0.188 e. The summed E-state index contributed by atoms with van der Waals surface area (Å²) in [5.41, 5.74) is -1.79. The van der Waals surface area contributed by atoms with E-state index in [-0.39, 0.29) is 18.8 Å². The second-order valence-corrected chi connectivity index (χ2v) is 6.11. The Labute approximate surface area is 124 Å². The Bertz CT molecular complexity index is 535. The van der Waals surface area contributed by atoms with Crippen molar-refractivity contribution in [2.75, 3.05) is 0 Å². The van der Waals surface area contributed by atoms with Gasteiger partial charge in [0.2, 0.25) is 0 Å². The van der Waals surface area contributed by atoms with Gasteiger partial charge in [-0.1, -0.05) is 25.5 Å². The van der Waals surface area contributed by atoms with Gasteiger partial charge in [0.25, 0.3) is 0 Å². The summed E-state index contributed by atoms with van der Waals surface area (Å²) in [4.78, 5) is 35.9. The fourth-order valence-corrected chi connectivity index (χ4v) is 2.20. The third-order valence-corrected chi connectivity index (χ3v) is 3.35. The van der Waals surface area contributed by atoms with E-state index in [1.54, 1.807) is 33.8 Å². The molecular formula is C16H22O5. The van der Waals surface area contributed by atoms with E-state index in [1.165, 1.54) is 0 Å². The van der Waals surface area contributed by atoms with Crippen LogP contribution in [0.25, 0.3) is 0 Å². The number of hydrogen-bond acceptors (Lipinski definition) is 5. The van der Waals surface area contributed by atoms with Gasteiger partial charge in [0.05, 0.1) is 6.42 Å². The summed E-state index contributed by atoms with van der Waals surface area (Å²) in [6, 6.07) is 0. The van der Waals surface area contributed by atoms with Crippen molar-refractivity contribution in [3.63, 3.8) is 0 Å². The minimum absolute atomic E-state index is 0.0145. The zero-order chi connectivity index (χ0) is 16.4. The van der Waals surface area contributed by atoms with Crippen molar-refractivity contribution in [3.8, 4) is 0 Å². The fraction of sp³-hybridized carbons (Fsp3) is 0.562. The van der Waals surface area contributed by atoms with Crippen molar-refractivity contribution in [2.45, 2.75) is 52.6 Å². The lowest BCUT2D eigenvalue weighted by molar-refractivity contribution is -0.137. The Balaban J connectivity index is 3.09. The Morgan fingerprint density at radius 2 is 1.90 bits per heavy atom. The minimum Gasteiger partial charge on any atom is -0.508 e. The second-order valence-electron chi connectivity index (χ2n) is 6.11. The average Bonchev–Trinajstić information content (AvgIpc) is 2.57. The van der Waals surface area contributed by atoms with Gasteiger partial charge in [-0.2, -0.15) is 0 Å². The van der Waals surface area contributed by atoms with Crippen LogP contribution in [-0.2, 0) is 14.4 Å². The van der Waals surface area contributed by atoms with Crippen LogP contribution in [0.3, 0.4) is 0 Å². The highest BCUT2D eigenvalue weighted by Crippen LogP contribution is 2.34. The van der Waals surface area contributed by atoms with Gasteiger partial charge in [-0.3, -0.25) is 14.4 Å². The summed E-state index contributed by atoms with van der Waals surface area (Å²) < 4.78 is 0. The van der Waals surface area contributed by atoms with Crippen molar-refractivity contribution in [3.05, 3.63) is 23.0 Å². The number of allylic oxidation sites excluding steroid dienone is 3. The van der Waals surface area contributed by atoms with Gasteiger partial charge in [-0.25, -0.2) is 0 Å². The lowest BCUT2D eigenvalue weighted by atomic mass is 9.93. The monoisotopic (exact) mass is 294 g/mol. The normalized spacial score (nSPS) is 21.9. The first-order chi connectivity index (χ1) is 9.59. The maximum absolute atomic E-state index is 12.1. The highest BCUT2D eigenvalue weighted by Gasteiger charge is 2.51. The molecule has 0 bridgehead atoms. The predicted octanol–water partition coefficient (Wildman–Crippen LogP) is 2.04. The van der Waals surface area contributed by atoms with Gasteiger partial charge in [0.15, 0.2) is 23.0 Å². The standard InChI is InChI=1S/C16H22O5/c1-9(2)5-6-13(19)16(21)8-12(18)14(15(16)20)11(17)7-10(3)4/h5,10,20-21H,6-8H2,1-4H3/t16-/m1/s1. The first-order valence-corrected chi connectivity index (χ1v) is 6.98. The van der Waals surface area contributed by atoms with E-state index in [0.29, 0.717) is 0 Å². The fourth-order valence-electron chi connectivity index (χ4n) is 2.20. The Kier molecular flexibility index (Phi) is 5.23. The Morgan fingerprint density at radius 1 is 1.33 bits per heavy atom. The molecule has 0 amide bonds. The van der Waals surface area contributed by atoms with E-state index in [2.05, 4.69) is 0 Å². The zero-order valence-electron chi connectivity index (χ0n) is 12.9. The van der Waals surface area contributed by atoms with Crippen LogP contribution in [0.5, 0.6) is 0 Å². The van der Waals surface area contributed by atoms with Gasteiger partial charge in [-0.05, 0) is 19.8 Å². The molecule has 1 atom stereocenters. The third kappa shape index (κ3) is 3.67. The quantitative estimate of drug-likeness (QED) is 0.578. The molecule has 0 aromatic heterocycles. The molecule has 0 saturated heterocycles. The third-order valence-electron chi connectivity index (χ3n) is 3.35. The molecule has 5 heteroatoms. The summed E-state index contributed by atoms with van der Waals surface area (Å²) in [5, 5.41) is 20.3. The van der Waals surface area contributed by atoms with Crippen molar-refractivity contribution >= 4 is 17.3 Å². The molecule has 1 rings (SSSR count). The maximum atomic E-state index is 12.1. The lowest BCUT2D eigenvalue weighted by Crippen LogP contribution is -2.38. The molecule has 116 valence electrons. The van der Waals surface area contributed by atoms with Crippen molar-refractivity contribution < 1.29 is 24.6 Å². The summed E-state index contributed by atoms with van der Waals surface area (Å²) in [6.07, 6.45) is 1.03. The van der Waals surface area contributed by atoms with Crippen LogP contribution in [0.15, 0.2) is 23.0 Å². The predicted molar refractivity (Wildman–Crippen MR) is 77.7 cm³/mol. The van der Waals surface area contributed by atoms with Crippen LogP contribution in [0.1, 0.15) is 47.0 Å². The largest absolute Gasteiger partial charge is 0.508 e. The molecule has 1 aliphatic rings. The van der Waals surface area contributed by atoms with E-state index in [4.69, 9.17) is 0 Å². The average molecular weight is 294 g/mol. The number of hydrogen-bond donors (Lipinski definition) is 2. The van der Waals surface area contributed by atoms with E-state index in [0.717, 1.165) is 5.57 Å².